The van der Waals surface area contributed by atoms with Crippen LogP contribution in [0.5, 0.6) is 0 Å². The topological polar surface area (TPSA) is 58.9 Å². The Balaban J connectivity index is 1.91. The van der Waals surface area contributed by atoms with Crippen LogP contribution in [0.25, 0.3) is 0 Å². The summed E-state index contributed by atoms with van der Waals surface area (Å²) in [7, 11) is 0. The smallest absolute Gasteiger partial charge is 0.149 e. The van der Waals surface area contributed by atoms with E-state index in [0.717, 1.165) is 5.56 Å². The molecule has 0 fully saturated rings. The molecule has 92 valence electrons. The van der Waals surface area contributed by atoms with Crippen LogP contribution in [0.1, 0.15) is 5.56 Å². The van der Waals surface area contributed by atoms with E-state index in [0.29, 0.717) is 6.61 Å². The maximum absolute atomic E-state index is 9.85. The summed E-state index contributed by atoms with van der Waals surface area (Å²) in [5.74, 6) is 0. The zero-order chi connectivity index (χ0) is 12.1. The van der Waals surface area contributed by atoms with E-state index in [1.807, 2.05) is 30.3 Å². The van der Waals surface area contributed by atoms with Crippen molar-refractivity contribution >= 4 is 0 Å². The highest BCUT2D eigenvalue weighted by atomic mass is 16.5. The summed E-state index contributed by atoms with van der Waals surface area (Å²) in [4.78, 5) is 0. The molecule has 0 saturated heterocycles. The molecule has 0 bridgehead atoms. The Morgan fingerprint density at radius 2 is 2.00 bits per heavy atom. The molecule has 1 aliphatic rings. The molecule has 2 rings (SSSR count). The Labute approximate surface area is 100 Å². The van der Waals surface area contributed by atoms with Crippen molar-refractivity contribution in [3.8, 4) is 0 Å². The first kappa shape index (κ1) is 12.1. The second kappa shape index (κ2) is 5.82. The lowest BCUT2D eigenvalue weighted by atomic mass is 10.1. The predicted molar refractivity (Wildman–Crippen MR) is 62.1 cm³/mol. The molecule has 1 aromatic rings. The lowest BCUT2D eigenvalue weighted by molar-refractivity contribution is -0.106. The third-order valence-electron chi connectivity index (χ3n) is 2.70. The van der Waals surface area contributed by atoms with Crippen molar-refractivity contribution < 1.29 is 19.7 Å². The quantitative estimate of drug-likeness (QED) is 0.813. The first-order valence-corrected chi connectivity index (χ1v) is 5.58. The van der Waals surface area contributed by atoms with Crippen molar-refractivity contribution in [1.29, 1.82) is 0 Å². The summed E-state index contributed by atoms with van der Waals surface area (Å²) in [6.45, 7) is 0.196. The standard InChI is InChI=1S/C13H16O4/c14-8-12-13(15)11(6-7-16-12)17-9-10-4-2-1-3-5-10/h1-7,11-15H,8-9H2/t11-,12-,13-/m1/s1. The fourth-order valence-electron chi connectivity index (χ4n) is 1.70. The lowest BCUT2D eigenvalue weighted by Gasteiger charge is -2.29. The van der Waals surface area contributed by atoms with Gasteiger partial charge < -0.3 is 19.7 Å². The van der Waals surface area contributed by atoms with Gasteiger partial charge in [-0.3, -0.25) is 0 Å². The summed E-state index contributed by atoms with van der Waals surface area (Å²) < 4.78 is 10.6. The maximum Gasteiger partial charge on any atom is 0.149 e. The van der Waals surface area contributed by atoms with Crippen molar-refractivity contribution in [3.05, 3.63) is 48.2 Å². The molecule has 3 atom stereocenters. The Bertz CT molecular complexity index is 363. The van der Waals surface area contributed by atoms with Gasteiger partial charge in [-0.15, -0.1) is 0 Å². The van der Waals surface area contributed by atoms with Gasteiger partial charge in [0, 0.05) is 0 Å². The average molecular weight is 236 g/mol. The second-order valence-corrected chi connectivity index (χ2v) is 3.94. The van der Waals surface area contributed by atoms with Gasteiger partial charge in [0.1, 0.15) is 18.3 Å². The van der Waals surface area contributed by atoms with Gasteiger partial charge in [-0.2, -0.15) is 0 Å². The van der Waals surface area contributed by atoms with Crippen LogP contribution in [0.4, 0.5) is 0 Å². The van der Waals surface area contributed by atoms with E-state index in [2.05, 4.69) is 0 Å². The zero-order valence-corrected chi connectivity index (χ0v) is 9.40. The lowest BCUT2D eigenvalue weighted by Crippen LogP contribution is -2.43. The van der Waals surface area contributed by atoms with E-state index in [-0.39, 0.29) is 6.61 Å². The van der Waals surface area contributed by atoms with Gasteiger partial charge in [0.05, 0.1) is 19.5 Å². The van der Waals surface area contributed by atoms with Crippen LogP contribution in [0.15, 0.2) is 42.7 Å². The van der Waals surface area contributed by atoms with Crippen LogP contribution in [0.2, 0.25) is 0 Å². The molecular weight excluding hydrogens is 220 g/mol. The molecule has 4 heteroatoms. The molecule has 0 aromatic heterocycles. The molecule has 0 aliphatic carbocycles. The van der Waals surface area contributed by atoms with Crippen LogP contribution < -0.4 is 0 Å². The molecule has 0 spiro atoms. The molecule has 2 N–H and O–H groups in total. The van der Waals surface area contributed by atoms with Crippen molar-refractivity contribution in [1.82, 2.24) is 0 Å². The first-order valence-electron chi connectivity index (χ1n) is 5.58. The summed E-state index contributed by atoms with van der Waals surface area (Å²) in [6, 6.07) is 9.73. The monoisotopic (exact) mass is 236 g/mol. The predicted octanol–water partition coefficient (Wildman–Crippen LogP) is 0.837. The van der Waals surface area contributed by atoms with E-state index in [1.54, 1.807) is 6.08 Å². The SMILES string of the molecule is OC[C@H]1OC=C[C@@H](OCc2ccccc2)[C@H]1O. The normalized spacial score (nSPS) is 27.8. The van der Waals surface area contributed by atoms with Crippen LogP contribution in [-0.4, -0.2) is 35.1 Å². The highest BCUT2D eigenvalue weighted by Gasteiger charge is 2.30. The fraction of sp³-hybridized carbons (Fsp3) is 0.385. The molecule has 0 saturated carbocycles. The average Bonchev–Trinajstić information content (AvgIpc) is 2.39. The Morgan fingerprint density at radius 3 is 2.71 bits per heavy atom. The van der Waals surface area contributed by atoms with Gasteiger partial charge in [0.15, 0.2) is 0 Å². The molecule has 4 nitrogen and oxygen atoms in total. The molecule has 0 amide bonds. The summed E-state index contributed by atoms with van der Waals surface area (Å²) in [5.41, 5.74) is 1.04. The van der Waals surface area contributed by atoms with Crippen molar-refractivity contribution in [3.63, 3.8) is 0 Å². The molecular formula is C13H16O4. The third-order valence-corrected chi connectivity index (χ3v) is 2.70. The number of ether oxygens (including phenoxy) is 2. The third kappa shape index (κ3) is 3.06. The highest BCUT2D eigenvalue weighted by molar-refractivity contribution is 5.13. The number of hydrogen-bond donors (Lipinski definition) is 2. The number of aliphatic hydroxyl groups is 2. The molecule has 0 unspecified atom stereocenters. The van der Waals surface area contributed by atoms with E-state index in [9.17, 15) is 5.11 Å². The summed E-state index contributed by atoms with van der Waals surface area (Å²) >= 11 is 0. The van der Waals surface area contributed by atoms with Gasteiger partial charge in [-0.25, -0.2) is 0 Å². The second-order valence-electron chi connectivity index (χ2n) is 3.94. The van der Waals surface area contributed by atoms with E-state index < -0.39 is 18.3 Å². The molecule has 1 aliphatic heterocycles. The van der Waals surface area contributed by atoms with Crippen LogP contribution in [0.3, 0.4) is 0 Å². The van der Waals surface area contributed by atoms with Crippen molar-refractivity contribution in [2.45, 2.75) is 24.9 Å². The number of rotatable bonds is 4. The maximum atomic E-state index is 9.85. The zero-order valence-electron chi connectivity index (χ0n) is 9.40. The molecule has 1 heterocycles. The molecule has 0 radical (unpaired) electrons. The minimum absolute atomic E-state index is 0.225. The largest absolute Gasteiger partial charge is 0.493 e. The van der Waals surface area contributed by atoms with Crippen molar-refractivity contribution in [2.24, 2.45) is 0 Å². The minimum atomic E-state index is -0.839. The van der Waals surface area contributed by atoms with Crippen LogP contribution in [0, 0.1) is 0 Å². The van der Waals surface area contributed by atoms with E-state index in [1.165, 1.54) is 6.26 Å². The Hall–Kier alpha value is -1.36. The first-order chi connectivity index (χ1) is 8.31. The van der Waals surface area contributed by atoms with Gasteiger partial charge in [0.2, 0.25) is 0 Å². The number of benzene rings is 1. The van der Waals surface area contributed by atoms with Gasteiger partial charge >= 0.3 is 0 Å². The van der Waals surface area contributed by atoms with E-state index in [4.69, 9.17) is 14.6 Å². The fourth-order valence-corrected chi connectivity index (χ4v) is 1.70. The number of hydrogen-bond acceptors (Lipinski definition) is 4. The Morgan fingerprint density at radius 1 is 1.24 bits per heavy atom. The van der Waals surface area contributed by atoms with E-state index >= 15 is 0 Å². The van der Waals surface area contributed by atoms with Crippen molar-refractivity contribution in [2.75, 3.05) is 6.61 Å². The molecule has 17 heavy (non-hydrogen) atoms. The molecule has 1 aromatic carbocycles. The number of aliphatic hydroxyl groups excluding tert-OH is 2. The minimum Gasteiger partial charge on any atom is -0.493 e. The van der Waals surface area contributed by atoms with Gasteiger partial charge in [-0.05, 0) is 11.6 Å². The summed E-state index contributed by atoms with van der Waals surface area (Å²) in [6.07, 6.45) is 1.22. The summed E-state index contributed by atoms with van der Waals surface area (Å²) in [5, 5.41) is 18.8. The van der Waals surface area contributed by atoms with Crippen LogP contribution >= 0.6 is 0 Å². The Kier molecular flexibility index (Phi) is 4.14. The van der Waals surface area contributed by atoms with Crippen LogP contribution in [-0.2, 0) is 16.1 Å². The highest BCUT2D eigenvalue weighted by Crippen LogP contribution is 2.16. The van der Waals surface area contributed by atoms with Gasteiger partial charge in [0.25, 0.3) is 0 Å². The van der Waals surface area contributed by atoms with Gasteiger partial charge in [-0.1, -0.05) is 30.3 Å².